The van der Waals surface area contributed by atoms with Crippen LogP contribution in [0.5, 0.6) is 17.2 Å². The predicted molar refractivity (Wildman–Crippen MR) is 106 cm³/mol. The molecule has 1 heterocycles. The molecule has 1 unspecified atom stereocenters. The van der Waals surface area contributed by atoms with Gasteiger partial charge in [-0.3, -0.25) is 4.79 Å². The fraction of sp³-hybridized carbons (Fsp3) is 0.591. The number of nitrogens with one attached hydrogen (secondary N) is 1. The quantitative estimate of drug-likeness (QED) is 0.825. The highest BCUT2D eigenvalue weighted by Gasteiger charge is 2.40. The van der Waals surface area contributed by atoms with E-state index in [1.54, 1.807) is 21.3 Å². The second-order valence-electron chi connectivity index (χ2n) is 7.85. The van der Waals surface area contributed by atoms with Crippen molar-refractivity contribution < 1.29 is 19.0 Å². The van der Waals surface area contributed by atoms with Crippen LogP contribution >= 0.6 is 0 Å². The van der Waals surface area contributed by atoms with Crippen LogP contribution in [0.2, 0.25) is 0 Å². The normalized spacial score (nSPS) is 22.4. The molecular formula is C22H30N2O4. The largest absolute Gasteiger partial charge is 0.493 e. The minimum absolute atomic E-state index is 0.0289. The molecule has 1 aromatic rings. The monoisotopic (exact) mass is 386 g/mol. The summed E-state index contributed by atoms with van der Waals surface area (Å²) in [6.45, 7) is 0. The Kier molecular flexibility index (Phi) is 5.49. The second-order valence-corrected chi connectivity index (χ2v) is 7.85. The lowest BCUT2D eigenvalue weighted by atomic mass is 9.88. The summed E-state index contributed by atoms with van der Waals surface area (Å²) in [5.41, 5.74) is 7.03. The molecule has 0 bridgehead atoms. The minimum Gasteiger partial charge on any atom is -0.493 e. The molecule has 1 aromatic carbocycles. The molecule has 1 N–H and O–H groups in total. The van der Waals surface area contributed by atoms with E-state index < -0.39 is 0 Å². The number of methoxy groups -OCH3 is 3. The molecule has 4 rings (SSSR count). The van der Waals surface area contributed by atoms with E-state index >= 15 is 0 Å². The summed E-state index contributed by atoms with van der Waals surface area (Å²) in [5, 5.41) is 1.87. The predicted octanol–water partition coefficient (Wildman–Crippen LogP) is 4.12. The number of hydrogen-bond donors (Lipinski definition) is 1. The Balaban J connectivity index is 1.65. The number of amides is 1. The molecule has 28 heavy (non-hydrogen) atoms. The summed E-state index contributed by atoms with van der Waals surface area (Å²) in [6.07, 6.45) is 8.66. The Bertz CT molecular complexity index is 758. The first-order valence-corrected chi connectivity index (χ1v) is 10.3. The van der Waals surface area contributed by atoms with Gasteiger partial charge >= 0.3 is 0 Å². The van der Waals surface area contributed by atoms with Gasteiger partial charge in [0.25, 0.3) is 0 Å². The van der Waals surface area contributed by atoms with Crippen molar-refractivity contribution in [3.05, 3.63) is 29.0 Å². The van der Waals surface area contributed by atoms with Crippen LogP contribution in [-0.2, 0) is 4.79 Å². The van der Waals surface area contributed by atoms with Crippen LogP contribution < -0.4 is 19.6 Å². The van der Waals surface area contributed by atoms with Crippen molar-refractivity contribution in [2.24, 2.45) is 5.92 Å². The van der Waals surface area contributed by atoms with Gasteiger partial charge in [0.15, 0.2) is 11.5 Å². The zero-order chi connectivity index (χ0) is 19.7. The molecule has 3 aliphatic rings. The van der Waals surface area contributed by atoms with Gasteiger partial charge in [-0.1, -0.05) is 19.3 Å². The Morgan fingerprint density at radius 2 is 1.64 bits per heavy atom. The number of carbonyl (C=O) groups excluding carboxylic acids is 1. The number of hydrogen-bond acceptors (Lipinski definition) is 5. The smallest absolute Gasteiger partial charge is 0.244 e. The van der Waals surface area contributed by atoms with Crippen molar-refractivity contribution >= 4 is 5.91 Å². The second kappa shape index (κ2) is 8.03. The third-order valence-corrected chi connectivity index (χ3v) is 6.30. The minimum atomic E-state index is -0.0289. The average molecular weight is 386 g/mol. The topological polar surface area (TPSA) is 60.0 Å². The molecule has 6 heteroatoms. The van der Waals surface area contributed by atoms with Crippen LogP contribution in [0.15, 0.2) is 23.4 Å². The molecule has 6 nitrogen and oxygen atoms in total. The molecular weight excluding hydrogens is 356 g/mol. The molecule has 0 aromatic heterocycles. The highest BCUT2D eigenvalue weighted by molar-refractivity contribution is 5.81. The highest BCUT2D eigenvalue weighted by Crippen LogP contribution is 2.46. The zero-order valence-electron chi connectivity index (χ0n) is 17.0. The molecule has 1 fully saturated rings. The Labute approximate surface area is 166 Å². The average Bonchev–Trinajstić information content (AvgIpc) is 3.35. The van der Waals surface area contributed by atoms with Gasteiger partial charge in [-0.15, -0.1) is 0 Å². The summed E-state index contributed by atoms with van der Waals surface area (Å²) in [7, 11) is 4.86. The van der Waals surface area contributed by atoms with E-state index in [0.717, 1.165) is 50.5 Å². The van der Waals surface area contributed by atoms with Gasteiger partial charge in [0, 0.05) is 11.6 Å². The third-order valence-electron chi connectivity index (χ3n) is 6.30. The number of hydrazine groups is 1. The molecule has 1 atom stereocenters. The molecule has 1 saturated carbocycles. The number of ether oxygens (including phenoxy) is 3. The van der Waals surface area contributed by atoms with Gasteiger partial charge in [-0.2, -0.15) is 0 Å². The lowest BCUT2D eigenvalue weighted by Crippen LogP contribution is -2.43. The number of rotatable bonds is 5. The number of nitrogens with zero attached hydrogens (tertiary/aromatic N) is 1. The van der Waals surface area contributed by atoms with Crippen molar-refractivity contribution in [1.29, 1.82) is 0 Å². The first-order chi connectivity index (χ1) is 13.7. The Morgan fingerprint density at radius 1 is 0.964 bits per heavy atom. The summed E-state index contributed by atoms with van der Waals surface area (Å²) in [5.74, 6) is 2.24. The van der Waals surface area contributed by atoms with E-state index in [0.29, 0.717) is 17.2 Å². The number of allylic oxidation sites excluding steroid dienone is 1. The fourth-order valence-corrected chi connectivity index (χ4v) is 4.87. The summed E-state index contributed by atoms with van der Waals surface area (Å²) in [6, 6.07) is 3.94. The van der Waals surface area contributed by atoms with E-state index in [1.807, 2.05) is 17.1 Å². The van der Waals surface area contributed by atoms with Gasteiger partial charge in [-0.05, 0) is 55.4 Å². The lowest BCUT2D eigenvalue weighted by molar-refractivity contribution is -0.137. The SMILES string of the molecule is COc1cc(C2NN(C(=O)C3CCCCC3)C3=C2CCC3)cc(OC)c1OC. The number of benzene rings is 1. The molecule has 0 saturated heterocycles. The van der Waals surface area contributed by atoms with E-state index in [9.17, 15) is 4.79 Å². The molecule has 152 valence electrons. The highest BCUT2D eigenvalue weighted by atomic mass is 16.5. The molecule has 0 spiro atoms. The van der Waals surface area contributed by atoms with E-state index in [2.05, 4.69) is 5.43 Å². The van der Waals surface area contributed by atoms with Crippen LogP contribution in [0.25, 0.3) is 0 Å². The van der Waals surface area contributed by atoms with Crippen molar-refractivity contribution in [3.63, 3.8) is 0 Å². The first-order valence-electron chi connectivity index (χ1n) is 10.3. The summed E-state index contributed by atoms with van der Waals surface area (Å²) in [4.78, 5) is 13.2. The fourth-order valence-electron chi connectivity index (χ4n) is 4.87. The maximum Gasteiger partial charge on any atom is 0.244 e. The summed E-state index contributed by atoms with van der Waals surface area (Å²) >= 11 is 0. The van der Waals surface area contributed by atoms with Gasteiger partial charge in [0.05, 0.1) is 27.4 Å². The third kappa shape index (κ3) is 3.24. The first kappa shape index (κ1) is 19.1. The van der Waals surface area contributed by atoms with Crippen molar-refractivity contribution in [2.45, 2.75) is 57.4 Å². The maximum atomic E-state index is 13.2. The van der Waals surface area contributed by atoms with Crippen LogP contribution in [0.3, 0.4) is 0 Å². The van der Waals surface area contributed by atoms with Gasteiger partial charge in [0.1, 0.15) is 0 Å². The van der Waals surface area contributed by atoms with Gasteiger partial charge < -0.3 is 14.2 Å². The maximum absolute atomic E-state index is 13.2. The number of carbonyl (C=O) groups is 1. The lowest BCUT2D eigenvalue weighted by Gasteiger charge is -2.29. The van der Waals surface area contributed by atoms with Gasteiger partial charge in [0.2, 0.25) is 11.7 Å². The van der Waals surface area contributed by atoms with Crippen LogP contribution in [0, 0.1) is 5.92 Å². The zero-order valence-corrected chi connectivity index (χ0v) is 17.0. The Hall–Kier alpha value is -2.21. The van der Waals surface area contributed by atoms with Crippen molar-refractivity contribution in [2.75, 3.05) is 21.3 Å². The van der Waals surface area contributed by atoms with E-state index in [1.165, 1.54) is 17.7 Å². The van der Waals surface area contributed by atoms with Crippen LogP contribution in [0.4, 0.5) is 0 Å². The van der Waals surface area contributed by atoms with Crippen molar-refractivity contribution in [1.82, 2.24) is 10.4 Å². The van der Waals surface area contributed by atoms with Gasteiger partial charge in [-0.25, -0.2) is 10.4 Å². The summed E-state index contributed by atoms with van der Waals surface area (Å²) < 4.78 is 16.5. The van der Waals surface area contributed by atoms with Crippen LogP contribution in [-0.4, -0.2) is 32.2 Å². The molecule has 0 radical (unpaired) electrons. The molecule has 2 aliphatic carbocycles. The molecule has 1 aliphatic heterocycles. The Morgan fingerprint density at radius 3 is 2.25 bits per heavy atom. The standard InChI is InChI=1S/C22H30N2O4/c1-26-18-12-15(13-19(27-2)21(18)28-3)20-16-10-7-11-17(16)24(23-20)22(25)14-8-5-4-6-9-14/h12-14,20,23H,4-11H2,1-3H3. The van der Waals surface area contributed by atoms with E-state index in [4.69, 9.17) is 14.2 Å². The molecule has 1 amide bonds. The van der Waals surface area contributed by atoms with Crippen LogP contribution in [0.1, 0.15) is 63.0 Å². The van der Waals surface area contributed by atoms with Crippen molar-refractivity contribution in [3.8, 4) is 17.2 Å². The van der Waals surface area contributed by atoms with E-state index in [-0.39, 0.29) is 17.9 Å².